The predicted molar refractivity (Wildman–Crippen MR) is 126 cm³/mol. The van der Waals surface area contributed by atoms with Crippen LogP contribution in [0, 0.1) is 0 Å². The normalized spacial score (nSPS) is 19.8. The lowest BCUT2D eigenvalue weighted by atomic mass is 10.1. The van der Waals surface area contributed by atoms with Crippen LogP contribution in [0.15, 0.2) is 53.4 Å². The van der Waals surface area contributed by atoms with E-state index in [0.717, 1.165) is 50.2 Å². The van der Waals surface area contributed by atoms with Crippen molar-refractivity contribution in [1.29, 1.82) is 0 Å². The van der Waals surface area contributed by atoms with E-state index in [4.69, 9.17) is 11.6 Å². The molecular weight excluding hydrogens is 409 g/mol. The van der Waals surface area contributed by atoms with Crippen LogP contribution in [0.4, 0.5) is 5.69 Å². The molecule has 0 amide bonds. The SMILES string of the molecule is CN1CCN(c2ccccc2C=C2CN(Cc3ccc(Cl)cc3)CS2)CC1.Cl. The number of halogens is 2. The van der Waals surface area contributed by atoms with Crippen LogP contribution < -0.4 is 4.90 Å². The minimum atomic E-state index is 0. The van der Waals surface area contributed by atoms with Crippen LogP contribution >= 0.6 is 35.8 Å². The average molecular weight is 436 g/mol. The molecule has 0 atom stereocenters. The van der Waals surface area contributed by atoms with Gasteiger partial charge in [-0.1, -0.05) is 41.9 Å². The minimum absolute atomic E-state index is 0. The molecule has 6 heteroatoms. The Morgan fingerprint density at radius 3 is 2.46 bits per heavy atom. The molecule has 0 aromatic heterocycles. The minimum Gasteiger partial charge on any atom is -0.368 e. The van der Waals surface area contributed by atoms with Gasteiger partial charge in [0, 0.05) is 60.8 Å². The molecule has 0 N–H and O–H groups in total. The monoisotopic (exact) mass is 435 g/mol. The summed E-state index contributed by atoms with van der Waals surface area (Å²) in [5.41, 5.74) is 4.03. The Morgan fingerprint density at radius 2 is 1.71 bits per heavy atom. The van der Waals surface area contributed by atoms with Crippen molar-refractivity contribution in [2.24, 2.45) is 0 Å². The first-order valence-corrected chi connectivity index (χ1v) is 10.9. The summed E-state index contributed by atoms with van der Waals surface area (Å²) in [5, 5.41) is 0.802. The van der Waals surface area contributed by atoms with Gasteiger partial charge in [0.15, 0.2) is 0 Å². The van der Waals surface area contributed by atoms with Crippen LogP contribution in [-0.2, 0) is 6.54 Å². The molecule has 2 aromatic rings. The summed E-state index contributed by atoms with van der Waals surface area (Å²) in [7, 11) is 2.20. The zero-order valence-electron chi connectivity index (χ0n) is 16.2. The summed E-state index contributed by atoms with van der Waals surface area (Å²) >= 11 is 7.95. The molecule has 2 saturated heterocycles. The molecule has 0 radical (unpaired) electrons. The molecule has 0 bridgehead atoms. The quantitative estimate of drug-likeness (QED) is 0.663. The summed E-state index contributed by atoms with van der Waals surface area (Å²) in [6, 6.07) is 17.0. The summed E-state index contributed by atoms with van der Waals surface area (Å²) in [6.45, 7) is 6.47. The molecule has 3 nitrogen and oxygen atoms in total. The maximum absolute atomic E-state index is 6.00. The van der Waals surface area contributed by atoms with E-state index in [1.807, 2.05) is 23.9 Å². The van der Waals surface area contributed by atoms with Gasteiger partial charge in [0.2, 0.25) is 0 Å². The Hall–Kier alpha value is -1.17. The third kappa shape index (κ3) is 5.46. The molecule has 0 unspecified atom stereocenters. The number of thioether (sulfide) groups is 1. The maximum Gasteiger partial charge on any atom is 0.0496 e. The first kappa shape index (κ1) is 21.5. The molecule has 0 aliphatic carbocycles. The first-order valence-electron chi connectivity index (χ1n) is 9.50. The van der Waals surface area contributed by atoms with Gasteiger partial charge in [-0.15, -0.1) is 24.2 Å². The molecule has 2 aromatic carbocycles. The van der Waals surface area contributed by atoms with E-state index in [9.17, 15) is 0 Å². The highest BCUT2D eigenvalue weighted by atomic mass is 35.5. The van der Waals surface area contributed by atoms with Crippen LogP contribution in [0.2, 0.25) is 5.02 Å². The van der Waals surface area contributed by atoms with E-state index < -0.39 is 0 Å². The van der Waals surface area contributed by atoms with E-state index in [-0.39, 0.29) is 12.4 Å². The molecule has 0 saturated carbocycles. The standard InChI is InChI=1S/C22H26ClN3S.ClH/c1-24-10-12-26(13-11-24)22-5-3-2-4-19(22)14-21-16-25(17-27-21)15-18-6-8-20(23)9-7-18;/h2-9,14H,10-13,15-17H2,1H3;1H. The second-order valence-corrected chi connectivity index (χ2v) is 8.85. The van der Waals surface area contributed by atoms with E-state index in [2.05, 4.69) is 64.2 Å². The van der Waals surface area contributed by atoms with E-state index in [1.165, 1.54) is 21.7 Å². The van der Waals surface area contributed by atoms with Gasteiger partial charge in [-0.05, 0) is 42.4 Å². The average Bonchev–Trinajstić information content (AvgIpc) is 3.12. The van der Waals surface area contributed by atoms with Crippen molar-refractivity contribution in [3.05, 3.63) is 69.6 Å². The molecule has 150 valence electrons. The molecule has 4 rings (SSSR count). The summed E-state index contributed by atoms with van der Waals surface area (Å²) in [4.78, 5) is 8.86. The lowest BCUT2D eigenvalue weighted by Crippen LogP contribution is -2.44. The topological polar surface area (TPSA) is 9.72 Å². The van der Waals surface area contributed by atoms with Gasteiger partial charge in [0.05, 0.1) is 0 Å². The van der Waals surface area contributed by atoms with Gasteiger partial charge in [0.25, 0.3) is 0 Å². The van der Waals surface area contributed by atoms with Crippen molar-refractivity contribution in [3.63, 3.8) is 0 Å². The van der Waals surface area contributed by atoms with Gasteiger partial charge in [-0.2, -0.15) is 0 Å². The largest absolute Gasteiger partial charge is 0.368 e. The number of anilines is 1. The molecule has 2 aliphatic heterocycles. The van der Waals surface area contributed by atoms with Crippen LogP contribution in [0.3, 0.4) is 0 Å². The highest BCUT2D eigenvalue weighted by Gasteiger charge is 2.20. The molecule has 2 fully saturated rings. The Kier molecular flexibility index (Phi) is 7.72. The van der Waals surface area contributed by atoms with Crippen molar-refractivity contribution in [3.8, 4) is 0 Å². The van der Waals surface area contributed by atoms with Crippen molar-refractivity contribution < 1.29 is 0 Å². The van der Waals surface area contributed by atoms with Crippen LogP contribution in [-0.4, -0.2) is 55.4 Å². The number of hydrogen-bond donors (Lipinski definition) is 0. The van der Waals surface area contributed by atoms with E-state index in [1.54, 1.807) is 0 Å². The number of piperazine rings is 1. The Labute approximate surface area is 183 Å². The number of para-hydroxylation sites is 1. The van der Waals surface area contributed by atoms with Gasteiger partial charge in [-0.3, -0.25) is 4.90 Å². The van der Waals surface area contributed by atoms with Crippen molar-refractivity contribution in [2.75, 3.05) is 50.5 Å². The third-order valence-electron chi connectivity index (χ3n) is 5.23. The second-order valence-electron chi connectivity index (χ2n) is 7.35. The highest BCUT2D eigenvalue weighted by molar-refractivity contribution is 8.03. The summed E-state index contributed by atoms with van der Waals surface area (Å²) in [5.74, 6) is 1.05. The zero-order valence-corrected chi connectivity index (χ0v) is 18.6. The van der Waals surface area contributed by atoms with E-state index in [0.29, 0.717) is 0 Å². The van der Waals surface area contributed by atoms with E-state index >= 15 is 0 Å². The smallest absolute Gasteiger partial charge is 0.0496 e. The van der Waals surface area contributed by atoms with Crippen LogP contribution in [0.5, 0.6) is 0 Å². The number of hydrogen-bond acceptors (Lipinski definition) is 4. The van der Waals surface area contributed by atoms with Gasteiger partial charge in [-0.25, -0.2) is 0 Å². The van der Waals surface area contributed by atoms with Crippen molar-refractivity contribution >= 4 is 47.5 Å². The fourth-order valence-corrected chi connectivity index (χ4v) is 4.78. The fraction of sp³-hybridized carbons (Fsp3) is 0.364. The maximum atomic E-state index is 6.00. The Bertz CT molecular complexity index is 802. The van der Waals surface area contributed by atoms with Crippen LogP contribution in [0.25, 0.3) is 6.08 Å². The van der Waals surface area contributed by atoms with Gasteiger partial charge >= 0.3 is 0 Å². The van der Waals surface area contributed by atoms with Crippen molar-refractivity contribution in [1.82, 2.24) is 9.80 Å². The third-order valence-corrected chi connectivity index (χ3v) is 6.59. The molecule has 28 heavy (non-hydrogen) atoms. The van der Waals surface area contributed by atoms with Crippen LogP contribution in [0.1, 0.15) is 11.1 Å². The number of likely N-dealkylation sites (N-methyl/N-ethyl adjacent to an activating group) is 1. The number of rotatable bonds is 4. The molecule has 2 aliphatic rings. The predicted octanol–water partition coefficient (Wildman–Crippen LogP) is 5.06. The number of benzene rings is 2. The lowest BCUT2D eigenvalue weighted by Gasteiger charge is -2.35. The Balaban J connectivity index is 0.00000225. The Morgan fingerprint density at radius 1 is 1.00 bits per heavy atom. The van der Waals surface area contributed by atoms with Crippen molar-refractivity contribution in [2.45, 2.75) is 6.54 Å². The molecular formula is C22H27Cl2N3S. The summed E-state index contributed by atoms with van der Waals surface area (Å²) in [6.07, 6.45) is 2.39. The lowest BCUT2D eigenvalue weighted by molar-refractivity contribution is 0.313. The number of nitrogens with zero attached hydrogens (tertiary/aromatic N) is 3. The molecule has 2 heterocycles. The molecule has 0 spiro atoms. The zero-order chi connectivity index (χ0) is 18.6. The summed E-state index contributed by atoms with van der Waals surface area (Å²) < 4.78 is 0. The van der Waals surface area contributed by atoms with Gasteiger partial charge in [0.1, 0.15) is 0 Å². The highest BCUT2D eigenvalue weighted by Crippen LogP contribution is 2.32. The fourth-order valence-electron chi connectivity index (χ4n) is 3.64. The first-order chi connectivity index (χ1) is 13.2. The second kappa shape index (κ2) is 10.0. The van der Waals surface area contributed by atoms with Gasteiger partial charge < -0.3 is 9.80 Å².